The maximum atomic E-state index is 12.3. The Bertz CT molecular complexity index is 1150. The van der Waals surface area contributed by atoms with E-state index in [-0.39, 0.29) is 5.63 Å². The molecule has 0 radical (unpaired) electrons. The molecule has 0 saturated carbocycles. The molecule has 0 amide bonds. The molecule has 4 nitrogen and oxygen atoms in total. The summed E-state index contributed by atoms with van der Waals surface area (Å²) in [5.41, 5.74) is 1.17. The molecule has 3 aromatic carbocycles. The number of benzene rings is 3. The van der Waals surface area contributed by atoms with E-state index in [1.165, 1.54) is 0 Å². The molecule has 1 heterocycles. The van der Waals surface area contributed by atoms with Gasteiger partial charge in [0.15, 0.2) is 0 Å². The second-order valence-electron chi connectivity index (χ2n) is 5.87. The third-order valence-corrected chi connectivity index (χ3v) is 4.71. The summed E-state index contributed by atoms with van der Waals surface area (Å²) in [6.45, 7) is 0.417. The summed E-state index contributed by atoms with van der Waals surface area (Å²) >= 11 is 3.39. The molecule has 0 atom stereocenters. The van der Waals surface area contributed by atoms with Crippen molar-refractivity contribution < 1.29 is 13.9 Å². The van der Waals surface area contributed by atoms with Crippen LogP contribution in [0.1, 0.15) is 5.56 Å². The van der Waals surface area contributed by atoms with Crippen LogP contribution >= 0.6 is 15.9 Å². The Kier molecular flexibility index (Phi) is 4.39. The number of ether oxygens (including phenoxy) is 2. The summed E-state index contributed by atoms with van der Waals surface area (Å²) in [5, 5.41) is 2.30. The van der Waals surface area contributed by atoms with Gasteiger partial charge in [0.05, 0.1) is 12.5 Å². The summed E-state index contributed by atoms with van der Waals surface area (Å²) in [6.07, 6.45) is 0. The molecule has 0 spiro atoms. The molecule has 0 N–H and O–H groups in total. The van der Waals surface area contributed by atoms with E-state index in [1.807, 2.05) is 48.5 Å². The summed E-state index contributed by atoms with van der Waals surface area (Å²) in [7, 11) is 1.64. The Balaban J connectivity index is 1.65. The molecule has 0 saturated heterocycles. The van der Waals surface area contributed by atoms with Gasteiger partial charge in [0.1, 0.15) is 23.7 Å². The summed E-state index contributed by atoms with van der Waals surface area (Å²) < 4.78 is 17.3. The molecule has 0 bridgehead atoms. The summed E-state index contributed by atoms with van der Waals surface area (Å²) in [6, 6.07) is 18.8. The predicted octanol–water partition coefficient (Wildman–Crippen LogP) is 5.30. The Hall–Kier alpha value is -2.79. The first-order valence-electron chi connectivity index (χ1n) is 8.06. The van der Waals surface area contributed by atoms with Gasteiger partial charge >= 0.3 is 5.63 Å². The molecule has 1 aromatic heterocycles. The number of halogens is 1. The molecule has 4 aromatic rings. The predicted molar refractivity (Wildman–Crippen MR) is 105 cm³/mol. The largest absolute Gasteiger partial charge is 0.497 e. The highest BCUT2D eigenvalue weighted by Crippen LogP contribution is 2.28. The van der Waals surface area contributed by atoms with Crippen LogP contribution in [0.4, 0.5) is 0 Å². The molecule has 26 heavy (non-hydrogen) atoms. The zero-order valence-electron chi connectivity index (χ0n) is 14.0. The summed E-state index contributed by atoms with van der Waals surface area (Å²) in [5.74, 6) is 1.45. The quantitative estimate of drug-likeness (QED) is 0.338. The zero-order chi connectivity index (χ0) is 18.1. The Morgan fingerprint density at radius 3 is 2.38 bits per heavy atom. The molecule has 0 aliphatic rings. The van der Waals surface area contributed by atoms with Crippen LogP contribution in [-0.2, 0) is 6.61 Å². The lowest BCUT2D eigenvalue weighted by Gasteiger charge is -2.09. The average Bonchev–Trinajstić information content (AvgIpc) is 2.67. The van der Waals surface area contributed by atoms with E-state index in [4.69, 9.17) is 13.9 Å². The Morgan fingerprint density at radius 1 is 0.885 bits per heavy atom. The minimum atomic E-state index is -0.360. The van der Waals surface area contributed by atoms with Crippen LogP contribution in [0.3, 0.4) is 0 Å². The van der Waals surface area contributed by atoms with E-state index in [2.05, 4.69) is 15.9 Å². The maximum Gasteiger partial charge on any atom is 0.344 e. The minimum absolute atomic E-state index is 0.360. The highest BCUT2D eigenvalue weighted by molar-refractivity contribution is 9.10. The van der Waals surface area contributed by atoms with Crippen LogP contribution in [0.25, 0.3) is 21.7 Å². The van der Waals surface area contributed by atoms with Crippen molar-refractivity contribution in [3.63, 3.8) is 0 Å². The van der Waals surface area contributed by atoms with Gasteiger partial charge in [-0.2, -0.15) is 0 Å². The lowest BCUT2D eigenvalue weighted by Crippen LogP contribution is -2.00. The van der Waals surface area contributed by atoms with Gasteiger partial charge < -0.3 is 13.9 Å². The van der Waals surface area contributed by atoms with Gasteiger partial charge in [-0.05, 0) is 47.3 Å². The van der Waals surface area contributed by atoms with Crippen molar-refractivity contribution in [1.82, 2.24) is 0 Å². The van der Waals surface area contributed by atoms with Crippen LogP contribution in [-0.4, -0.2) is 7.11 Å². The van der Waals surface area contributed by atoms with E-state index >= 15 is 0 Å². The molecule has 0 aliphatic heterocycles. The van der Waals surface area contributed by atoms with Crippen LogP contribution in [0.15, 0.2) is 74.3 Å². The average molecular weight is 411 g/mol. The molecule has 4 rings (SSSR count). The maximum absolute atomic E-state index is 12.3. The van der Waals surface area contributed by atoms with Gasteiger partial charge in [0, 0.05) is 15.9 Å². The van der Waals surface area contributed by atoms with Gasteiger partial charge in [-0.1, -0.05) is 34.1 Å². The Morgan fingerprint density at radius 2 is 1.62 bits per heavy atom. The van der Waals surface area contributed by atoms with Crippen molar-refractivity contribution in [2.75, 3.05) is 7.11 Å². The van der Waals surface area contributed by atoms with Gasteiger partial charge in [-0.25, -0.2) is 4.79 Å². The first-order chi connectivity index (χ1) is 12.6. The molecule has 0 fully saturated rings. The zero-order valence-corrected chi connectivity index (χ0v) is 15.6. The SMILES string of the molecule is COc1ccc(COc2ccc3c(c2)oc(=O)c2cc(Br)ccc23)cc1. The van der Waals surface area contributed by atoms with E-state index in [9.17, 15) is 4.79 Å². The third-order valence-electron chi connectivity index (χ3n) is 4.21. The minimum Gasteiger partial charge on any atom is -0.497 e. The number of hydrogen-bond acceptors (Lipinski definition) is 4. The standard InChI is InChI=1S/C21H15BrO4/c1-24-15-5-2-13(3-6-15)12-25-16-7-9-18-17-8-4-14(22)10-19(17)21(23)26-20(18)11-16/h2-11H,12H2,1H3. The van der Waals surface area contributed by atoms with E-state index < -0.39 is 0 Å². The van der Waals surface area contributed by atoms with Gasteiger partial charge in [-0.3, -0.25) is 0 Å². The van der Waals surface area contributed by atoms with Crippen molar-refractivity contribution in [1.29, 1.82) is 0 Å². The topological polar surface area (TPSA) is 48.7 Å². The fourth-order valence-electron chi connectivity index (χ4n) is 2.86. The number of fused-ring (bicyclic) bond motifs is 3. The van der Waals surface area contributed by atoms with Crippen LogP contribution in [0, 0.1) is 0 Å². The molecule has 5 heteroatoms. The van der Waals surface area contributed by atoms with Gasteiger partial charge in [0.2, 0.25) is 0 Å². The van der Waals surface area contributed by atoms with E-state index in [1.54, 1.807) is 19.2 Å². The van der Waals surface area contributed by atoms with Crippen LogP contribution in [0.5, 0.6) is 11.5 Å². The monoisotopic (exact) mass is 410 g/mol. The smallest absolute Gasteiger partial charge is 0.344 e. The van der Waals surface area contributed by atoms with Crippen molar-refractivity contribution in [2.45, 2.75) is 6.61 Å². The molecular formula is C21H15BrO4. The number of hydrogen-bond donors (Lipinski definition) is 0. The van der Waals surface area contributed by atoms with Crippen molar-refractivity contribution in [2.24, 2.45) is 0 Å². The lowest BCUT2D eigenvalue weighted by atomic mass is 10.1. The highest BCUT2D eigenvalue weighted by Gasteiger charge is 2.09. The molecule has 0 unspecified atom stereocenters. The number of methoxy groups -OCH3 is 1. The van der Waals surface area contributed by atoms with Crippen molar-refractivity contribution >= 4 is 37.7 Å². The second-order valence-corrected chi connectivity index (χ2v) is 6.79. The van der Waals surface area contributed by atoms with E-state index in [0.29, 0.717) is 23.3 Å². The number of rotatable bonds is 4. The van der Waals surface area contributed by atoms with Gasteiger partial charge in [0.25, 0.3) is 0 Å². The van der Waals surface area contributed by atoms with Crippen molar-refractivity contribution in [3.8, 4) is 11.5 Å². The molecule has 0 aliphatic carbocycles. The fraction of sp³-hybridized carbons (Fsp3) is 0.0952. The summed E-state index contributed by atoms with van der Waals surface area (Å²) in [4.78, 5) is 12.3. The highest BCUT2D eigenvalue weighted by atomic mass is 79.9. The third kappa shape index (κ3) is 3.18. The first-order valence-corrected chi connectivity index (χ1v) is 8.85. The second kappa shape index (κ2) is 6.84. The van der Waals surface area contributed by atoms with Crippen LogP contribution < -0.4 is 15.1 Å². The lowest BCUT2D eigenvalue weighted by molar-refractivity contribution is 0.306. The molecule has 130 valence electrons. The molecular weight excluding hydrogens is 396 g/mol. The fourth-order valence-corrected chi connectivity index (χ4v) is 3.22. The Labute approximate surface area is 158 Å². The van der Waals surface area contributed by atoms with Gasteiger partial charge in [-0.15, -0.1) is 0 Å². The van der Waals surface area contributed by atoms with Crippen LogP contribution in [0.2, 0.25) is 0 Å². The normalized spacial score (nSPS) is 11.0. The van der Waals surface area contributed by atoms with Crippen molar-refractivity contribution in [3.05, 3.63) is 81.1 Å². The van der Waals surface area contributed by atoms with E-state index in [0.717, 1.165) is 26.6 Å². The first kappa shape index (κ1) is 16.7.